The SMILES string of the molecule is CCCC(NC(=O)c1csc(NC(C)=O)n1)C(=O)O. The summed E-state index contributed by atoms with van der Waals surface area (Å²) in [6.07, 6.45) is 0.995. The van der Waals surface area contributed by atoms with Gasteiger partial charge >= 0.3 is 5.97 Å². The van der Waals surface area contributed by atoms with E-state index in [1.165, 1.54) is 12.3 Å². The molecule has 3 N–H and O–H groups in total. The van der Waals surface area contributed by atoms with Gasteiger partial charge in [-0.05, 0) is 6.42 Å². The zero-order valence-electron chi connectivity index (χ0n) is 10.6. The number of carboxylic acid groups (broad SMARTS) is 1. The third-order valence-electron chi connectivity index (χ3n) is 2.20. The highest BCUT2D eigenvalue weighted by Gasteiger charge is 2.21. The molecule has 1 aromatic heterocycles. The van der Waals surface area contributed by atoms with Crippen LogP contribution in [-0.4, -0.2) is 33.9 Å². The Morgan fingerprint density at radius 1 is 1.47 bits per heavy atom. The van der Waals surface area contributed by atoms with Crippen molar-refractivity contribution in [1.82, 2.24) is 10.3 Å². The van der Waals surface area contributed by atoms with Crippen molar-refractivity contribution in [3.63, 3.8) is 0 Å². The Bertz CT molecular complexity index is 486. The number of carbonyl (C=O) groups excluding carboxylic acids is 2. The number of nitrogens with one attached hydrogen (secondary N) is 2. The van der Waals surface area contributed by atoms with Crippen molar-refractivity contribution in [2.45, 2.75) is 32.7 Å². The lowest BCUT2D eigenvalue weighted by Crippen LogP contribution is -2.40. The number of anilines is 1. The topological polar surface area (TPSA) is 108 Å². The highest BCUT2D eigenvalue weighted by molar-refractivity contribution is 7.14. The van der Waals surface area contributed by atoms with Gasteiger partial charge in [0.2, 0.25) is 5.91 Å². The summed E-state index contributed by atoms with van der Waals surface area (Å²) in [5.74, 6) is -1.92. The predicted molar refractivity (Wildman–Crippen MR) is 70.2 cm³/mol. The van der Waals surface area contributed by atoms with Gasteiger partial charge in [-0.3, -0.25) is 9.59 Å². The third kappa shape index (κ3) is 4.66. The molecular formula is C11H15N3O4S. The lowest BCUT2D eigenvalue weighted by molar-refractivity contribution is -0.139. The van der Waals surface area contributed by atoms with E-state index >= 15 is 0 Å². The fraction of sp³-hybridized carbons (Fsp3) is 0.455. The standard InChI is InChI=1S/C11H15N3O4S/c1-3-4-7(10(17)18)13-9(16)8-5-19-11(14-8)12-6(2)15/h5,7H,3-4H2,1-2H3,(H,13,16)(H,17,18)(H,12,14,15). The van der Waals surface area contributed by atoms with E-state index in [1.807, 2.05) is 6.92 Å². The van der Waals surface area contributed by atoms with Crippen LogP contribution in [0.15, 0.2) is 5.38 Å². The Balaban J connectivity index is 2.69. The quantitative estimate of drug-likeness (QED) is 0.725. The lowest BCUT2D eigenvalue weighted by atomic mass is 10.1. The van der Waals surface area contributed by atoms with E-state index < -0.39 is 17.9 Å². The largest absolute Gasteiger partial charge is 0.480 e. The summed E-state index contributed by atoms with van der Waals surface area (Å²) >= 11 is 1.10. The normalized spacial score (nSPS) is 11.7. The predicted octanol–water partition coefficient (Wildman–Crippen LogP) is 1.08. The molecule has 1 atom stereocenters. The Labute approximate surface area is 114 Å². The first-order valence-corrected chi connectivity index (χ1v) is 6.58. The molecule has 7 nitrogen and oxygen atoms in total. The van der Waals surface area contributed by atoms with Gasteiger partial charge in [-0.2, -0.15) is 0 Å². The highest BCUT2D eigenvalue weighted by Crippen LogP contribution is 2.15. The van der Waals surface area contributed by atoms with Crippen LogP contribution < -0.4 is 10.6 Å². The second-order valence-corrected chi connectivity index (χ2v) is 4.73. The summed E-state index contributed by atoms with van der Waals surface area (Å²) in [6.45, 7) is 3.17. The maximum atomic E-state index is 11.8. The first-order chi connectivity index (χ1) is 8.93. The van der Waals surface area contributed by atoms with Crippen LogP contribution in [0.25, 0.3) is 0 Å². The van der Waals surface area contributed by atoms with E-state index in [1.54, 1.807) is 0 Å². The van der Waals surface area contributed by atoms with Crippen LogP contribution in [0.5, 0.6) is 0 Å². The zero-order valence-corrected chi connectivity index (χ0v) is 11.4. The number of carbonyl (C=O) groups is 3. The van der Waals surface area contributed by atoms with Crippen molar-refractivity contribution in [3.8, 4) is 0 Å². The Hall–Kier alpha value is -1.96. The smallest absolute Gasteiger partial charge is 0.326 e. The maximum absolute atomic E-state index is 11.8. The molecule has 1 unspecified atom stereocenters. The molecule has 2 amide bonds. The van der Waals surface area contributed by atoms with Crippen LogP contribution in [-0.2, 0) is 9.59 Å². The summed E-state index contributed by atoms with van der Waals surface area (Å²) in [5, 5.41) is 15.6. The number of amides is 2. The van der Waals surface area contributed by atoms with Gasteiger partial charge in [-0.15, -0.1) is 11.3 Å². The van der Waals surface area contributed by atoms with Crippen molar-refractivity contribution in [3.05, 3.63) is 11.1 Å². The summed E-state index contributed by atoms with van der Waals surface area (Å²) in [7, 11) is 0. The van der Waals surface area contributed by atoms with Gasteiger partial charge in [-0.25, -0.2) is 9.78 Å². The minimum Gasteiger partial charge on any atom is -0.480 e. The van der Waals surface area contributed by atoms with Crippen molar-refractivity contribution in [2.24, 2.45) is 0 Å². The summed E-state index contributed by atoms with van der Waals surface area (Å²) in [6, 6.07) is -0.927. The van der Waals surface area contributed by atoms with Crippen LogP contribution in [0.3, 0.4) is 0 Å². The van der Waals surface area contributed by atoms with E-state index in [9.17, 15) is 14.4 Å². The van der Waals surface area contributed by atoms with E-state index in [2.05, 4.69) is 15.6 Å². The Kier molecular flexibility index (Phi) is 5.43. The molecule has 8 heteroatoms. The van der Waals surface area contributed by atoms with Gasteiger partial charge in [0.1, 0.15) is 11.7 Å². The number of rotatable bonds is 6. The van der Waals surface area contributed by atoms with E-state index in [-0.39, 0.29) is 11.6 Å². The molecule has 0 spiro atoms. The molecule has 1 heterocycles. The molecule has 0 aliphatic carbocycles. The van der Waals surface area contributed by atoms with Crippen LogP contribution in [0.4, 0.5) is 5.13 Å². The average Bonchev–Trinajstić information content (AvgIpc) is 2.75. The van der Waals surface area contributed by atoms with Crippen molar-refractivity contribution in [1.29, 1.82) is 0 Å². The summed E-state index contributed by atoms with van der Waals surface area (Å²) in [5.41, 5.74) is 0.0936. The van der Waals surface area contributed by atoms with Crippen molar-refractivity contribution in [2.75, 3.05) is 5.32 Å². The molecule has 0 saturated heterocycles. The summed E-state index contributed by atoms with van der Waals surface area (Å²) < 4.78 is 0. The number of aliphatic carboxylic acids is 1. The molecule has 19 heavy (non-hydrogen) atoms. The van der Waals surface area contributed by atoms with Crippen LogP contribution in [0, 0.1) is 0 Å². The zero-order chi connectivity index (χ0) is 14.4. The monoisotopic (exact) mass is 285 g/mol. The molecule has 0 aliphatic heterocycles. The minimum absolute atomic E-state index is 0.0936. The van der Waals surface area contributed by atoms with Crippen molar-refractivity contribution < 1.29 is 19.5 Å². The van der Waals surface area contributed by atoms with Gasteiger partial charge < -0.3 is 15.7 Å². The van der Waals surface area contributed by atoms with Gasteiger partial charge in [0.25, 0.3) is 5.91 Å². The Morgan fingerprint density at radius 2 is 2.16 bits per heavy atom. The number of thiazole rings is 1. The van der Waals surface area contributed by atoms with Gasteiger partial charge in [0, 0.05) is 12.3 Å². The maximum Gasteiger partial charge on any atom is 0.326 e. The molecule has 0 aromatic carbocycles. The minimum atomic E-state index is -1.08. The molecular weight excluding hydrogens is 270 g/mol. The third-order valence-corrected chi connectivity index (χ3v) is 2.96. The second kappa shape index (κ2) is 6.83. The Morgan fingerprint density at radius 3 is 2.68 bits per heavy atom. The highest BCUT2D eigenvalue weighted by atomic mass is 32.1. The molecule has 1 aromatic rings. The van der Waals surface area contributed by atoms with E-state index in [0.717, 1.165) is 11.3 Å². The molecule has 0 radical (unpaired) electrons. The van der Waals surface area contributed by atoms with Gasteiger partial charge in [-0.1, -0.05) is 13.3 Å². The first-order valence-electron chi connectivity index (χ1n) is 5.70. The number of aromatic nitrogens is 1. The van der Waals surface area contributed by atoms with Crippen molar-refractivity contribution >= 4 is 34.3 Å². The second-order valence-electron chi connectivity index (χ2n) is 3.87. The number of carboxylic acids is 1. The molecule has 0 fully saturated rings. The fourth-order valence-electron chi connectivity index (χ4n) is 1.36. The summed E-state index contributed by atoms with van der Waals surface area (Å²) in [4.78, 5) is 37.4. The molecule has 0 bridgehead atoms. The molecule has 1 rings (SSSR count). The van der Waals surface area contributed by atoms with Crippen LogP contribution >= 0.6 is 11.3 Å². The number of hydrogen-bond donors (Lipinski definition) is 3. The molecule has 0 aliphatic rings. The lowest BCUT2D eigenvalue weighted by Gasteiger charge is -2.12. The van der Waals surface area contributed by atoms with Crippen LogP contribution in [0.2, 0.25) is 0 Å². The van der Waals surface area contributed by atoms with Crippen LogP contribution in [0.1, 0.15) is 37.2 Å². The number of hydrogen-bond acceptors (Lipinski definition) is 5. The molecule has 104 valence electrons. The van der Waals surface area contributed by atoms with Gasteiger partial charge in [0.15, 0.2) is 5.13 Å². The molecule has 0 saturated carbocycles. The van der Waals surface area contributed by atoms with E-state index in [0.29, 0.717) is 18.0 Å². The fourth-order valence-corrected chi connectivity index (χ4v) is 2.10. The van der Waals surface area contributed by atoms with E-state index in [4.69, 9.17) is 5.11 Å². The average molecular weight is 285 g/mol. The van der Waals surface area contributed by atoms with Gasteiger partial charge in [0.05, 0.1) is 0 Å². The number of nitrogens with zero attached hydrogens (tertiary/aromatic N) is 1. The first kappa shape index (κ1) is 15.1.